The molecule has 0 amide bonds. The van der Waals surface area contributed by atoms with Gasteiger partial charge in [-0.2, -0.15) is 5.10 Å². The number of carboxylic acid groups (broad SMARTS) is 1. The molecular formula is C41H50ClN5O6S. The van der Waals surface area contributed by atoms with Gasteiger partial charge in [0.15, 0.2) is 5.03 Å². The molecule has 1 fully saturated rings. The summed E-state index contributed by atoms with van der Waals surface area (Å²) in [5.74, 6) is 1.69. The Morgan fingerprint density at radius 2 is 1.91 bits per heavy atom. The smallest absolute Gasteiger partial charge is 0.329 e. The molecule has 2 heterocycles. The predicted molar refractivity (Wildman–Crippen MR) is 208 cm³/mol. The molecule has 4 aromatic rings. The van der Waals surface area contributed by atoms with Crippen LogP contribution in [0, 0.1) is 11.8 Å². The Morgan fingerprint density at radius 3 is 2.65 bits per heavy atom. The Balaban J connectivity index is 1.09. The molecule has 11 nitrogen and oxygen atoms in total. The van der Waals surface area contributed by atoms with E-state index in [4.69, 9.17) is 21.1 Å². The maximum Gasteiger partial charge on any atom is 0.329 e. The molecule has 0 aliphatic heterocycles. The Labute approximate surface area is 322 Å². The number of anilines is 1. The van der Waals surface area contributed by atoms with Crippen molar-refractivity contribution in [3.63, 3.8) is 0 Å². The fourth-order valence-corrected chi connectivity index (χ4v) is 10.5. The van der Waals surface area contributed by atoms with Gasteiger partial charge in [-0.05, 0) is 135 Å². The maximum absolute atomic E-state index is 13.0. The minimum atomic E-state index is -3.73. The van der Waals surface area contributed by atoms with Gasteiger partial charge in [0.2, 0.25) is 0 Å². The van der Waals surface area contributed by atoms with Crippen LogP contribution >= 0.6 is 11.6 Å². The van der Waals surface area contributed by atoms with Crippen molar-refractivity contribution in [3.05, 3.63) is 94.4 Å². The molecule has 0 bridgehead atoms. The van der Waals surface area contributed by atoms with Crippen molar-refractivity contribution in [2.75, 3.05) is 25.1 Å². The van der Waals surface area contributed by atoms with E-state index in [2.05, 4.69) is 46.1 Å². The summed E-state index contributed by atoms with van der Waals surface area (Å²) in [6.07, 6.45) is 10.6. The topological polar surface area (TPSA) is 145 Å². The number of rotatable bonds is 14. The fraction of sp³-hybridized carbons (Fsp3) is 0.488. The summed E-state index contributed by atoms with van der Waals surface area (Å²) in [6.45, 7) is 5.33. The fourth-order valence-electron chi connectivity index (χ4n) is 9.21. The average Bonchev–Trinajstić information content (AvgIpc) is 3.71. The SMILES string of the molecule is C[C@@H](COc1ccnc2c1[C@H](C)CCC2)CC1Cc2ccc(OCCNS(=O)(=O)c3ccnn3C)cc2C12CCC(Nc1cccc(Cl)c1)(C(=O)O)CC2. The molecule has 1 unspecified atom stereocenters. The number of ether oxygens (including phenoxy) is 2. The number of nitrogens with one attached hydrogen (secondary N) is 2. The molecule has 3 aliphatic rings. The van der Waals surface area contributed by atoms with Crippen molar-refractivity contribution in [1.29, 1.82) is 0 Å². The van der Waals surface area contributed by atoms with Crippen LogP contribution < -0.4 is 19.5 Å². The van der Waals surface area contributed by atoms with Crippen molar-refractivity contribution in [3.8, 4) is 11.5 Å². The van der Waals surface area contributed by atoms with Gasteiger partial charge in [-0.15, -0.1) is 0 Å². The Kier molecular flexibility index (Phi) is 11.0. The van der Waals surface area contributed by atoms with E-state index in [9.17, 15) is 18.3 Å². The van der Waals surface area contributed by atoms with Crippen LogP contribution in [-0.4, -0.2) is 59.6 Å². The minimum Gasteiger partial charge on any atom is -0.493 e. The van der Waals surface area contributed by atoms with Gasteiger partial charge in [-0.25, -0.2) is 17.9 Å². The quantitative estimate of drug-likeness (QED) is 0.113. The first-order chi connectivity index (χ1) is 25.9. The number of carboxylic acids is 1. The standard InChI is InChI=1S/C41H50ClN5O6S/c1-27(26-53-36-12-18-43-35-9-4-6-28(2)38(35)36)22-30-23-29-10-11-33(52-21-20-45-54(50,51)37-13-19-44-47(37)3)25-34(29)40(30)14-16-41(17-15-40,39(48)49)46-32-8-5-7-31(42)24-32/h5,7-8,10-13,18-19,24-25,27-28,30,45-46H,4,6,9,14-17,20-23,26H2,1-3H3,(H,48,49)/t27-,28-,30?,40?,41?/m1/s1. The van der Waals surface area contributed by atoms with E-state index in [1.165, 1.54) is 33.6 Å². The van der Waals surface area contributed by atoms with Crippen molar-refractivity contribution >= 4 is 33.3 Å². The number of halogens is 1. The van der Waals surface area contributed by atoms with Crippen molar-refractivity contribution in [2.24, 2.45) is 18.9 Å². The van der Waals surface area contributed by atoms with E-state index in [0.29, 0.717) is 54.7 Å². The maximum atomic E-state index is 13.0. The zero-order valence-electron chi connectivity index (χ0n) is 31.2. The van der Waals surface area contributed by atoms with Gasteiger partial charge >= 0.3 is 5.97 Å². The highest BCUT2D eigenvalue weighted by Gasteiger charge is 2.54. The van der Waals surface area contributed by atoms with Crippen LogP contribution in [0.2, 0.25) is 5.02 Å². The van der Waals surface area contributed by atoms with Crippen LogP contribution in [-0.2, 0) is 40.1 Å². The number of aliphatic carboxylic acids is 1. The lowest BCUT2D eigenvalue weighted by atomic mass is 9.59. The number of fused-ring (bicyclic) bond motifs is 3. The summed E-state index contributed by atoms with van der Waals surface area (Å²) in [4.78, 5) is 17.6. The normalized spacial score (nSPS) is 24.1. The van der Waals surface area contributed by atoms with Gasteiger partial charge in [0.25, 0.3) is 10.0 Å². The van der Waals surface area contributed by atoms with Gasteiger partial charge in [-0.1, -0.05) is 37.6 Å². The third-order valence-electron chi connectivity index (χ3n) is 12.0. The zero-order chi connectivity index (χ0) is 38.1. The molecule has 54 heavy (non-hydrogen) atoms. The number of benzene rings is 2. The molecule has 7 rings (SSSR count). The summed E-state index contributed by atoms with van der Waals surface area (Å²) in [5, 5.41) is 18.6. The molecule has 3 N–H and O–H groups in total. The van der Waals surface area contributed by atoms with E-state index in [1.807, 2.05) is 30.5 Å². The number of nitrogens with zero attached hydrogens (tertiary/aromatic N) is 3. The molecule has 3 atom stereocenters. The summed E-state index contributed by atoms with van der Waals surface area (Å²) in [6, 6.07) is 16.9. The largest absolute Gasteiger partial charge is 0.493 e. The summed E-state index contributed by atoms with van der Waals surface area (Å²) >= 11 is 6.28. The molecular weight excluding hydrogens is 726 g/mol. The number of hydrogen-bond acceptors (Lipinski definition) is 8. The summed E-state index contributed by atoms with van der Waals surface area (Å²) < 4.78 is 42.1. The Hall–Kier alpha value is -4.13. The first-order valence-electron chi connectivity index (χ1n) is 19.0. The molecule has 1 saturated carbocycles. The van der Waals surface area contributed by atoms with Crippen molar-refractivity contribution in [1.82, 2.24) is 19.5 Å². The lowest BCUT2D eigenvalue weighted by Crippen LogP contribution is -2.53. The molecule has 0 saturated heterocycles. The van der Waals surface area contributed by atoms with Gasteiger partial charge in [0, 0.05) is 41.8 Å². The van der Waals surface area contributed by atoms with Gasteiger partial charge in [0.05, 0.1) is 12.8 Å². The average molecular weight is 776 g/mol. The van der Waals surface area contributed by atoms with Crippen molar-refractivity contribution < 1.29 is 27.8 Å². The van der Waals surface area contributed by atoms with Gasteiger partial charge in [-0.3, -0.25) is 9.67 Å². The third kappa shape index (κ3) is 7.70. The van der Waals surface area contributed by atoms with Crippen molar-refractivity contribution in [2.45, 2.75) is 93.5 Å². The van der Waals surface area contributed by atoms with Crippen LogP contribution in [0.5, 0.6) is 11.5 Å². The minimum absolute atomic E-state index is 0.0851. The number of carbonyl (C=O) groups is 1. The summed E-state index contributed by atoms with van der Waals surface area (Å²) in [7, 11) is -2.15. The lowest BCUT2D eigenvalue weighted by Gasteiger charge is -2.47. The second-order valence-electron chi connectivity index (χ2n) is 15.6. The number of aromatic nitrogens is 3. The molecule has 2 aromatic carbocycles. The second-order valence-corrected chi connectivity index (χ2v) is 17.7. The second kappa shape index (κ2) is 15.5. The highest BCUT2D eigenvalue weighted by atomic mass is 35.5. The van der Waals surface area contributed by atoms with Crippen LogP contribution in [0.4, 0.5) is 5.69 Å². The molecule has 0 radical (unpaired) electrons. The molecule has 13 heteroatoms. The Morgan fingerprint density at radius 1 is 1.09 bits per heavy atom. The number of pyridine rings is 1. The van der Waals surface area contributed by atoms with Crippen LogP contribution in [0.3, 0.4) is 0 Å². The number of sulfonamides is 1. The first-order valence-corrected chi connectivity index (χ1v) is 20.9. The highest BCUT2D eigenvalue weighted by molar-refractivity contribution is 7.89. The van der Waals surface area contributed by atoms with Crippen LogP contribution in [0.25, 0.3) is 0 Å². The lowest BCUT2D eigenvalue weighted by molar-refractivity contribution is -0.144. The zero-order valence-corrected chi connectivity index (χ0v) is 32.8. The number of aryl methyl sites for hydroxylation is 2. The van der Waals surface area contributed by atoms with Gasteiger partial charge < -0.3 is 19.9 Å². The van der Waals surface area contributed by atoms with Crippen LogP contribution in [0.15, 0.2) is 72.0 Å². The molecule has 2 aromatic heterocycles. The van der Waals surface area contributed by atoms with E-state index < -0.39 is 21.5 Å². The van der Waals surface area contributed by atoms with Gasteiger partial charge in [0.1, 0.15) is 23.6 Å². The monoisotopic (exact) mass is 775 g/mol. The van der Waals surface area contributed by atoms with E-state index >= 15 is 0 Å². The number of hydrogen-bond donors (Lipinski definition) is 3. The Bertz CT molecular complexity index is 2100. The van der Waals surface area contributed by atoms with Crippen LogP contribution in [0.1, 0.15) is 87.1 Å². The molecule has 3 aliphatic carbocycles. The first kappa shape index (κ1) is 38.2. The van der Waals surface area contributed by atoms with E-state index in [-0.39, 0.29) is 35.4 Å². The molecule has 1 spiro atoms. The predicted octanol–water partition coefficient (Wildman–Crippen LogP) is 7.29. The summed E-state index contributed by atoms with van der Waals surface area (Å²) in [5.41, 5.74) is 4.16. The van der Waals surface area contributed by atoms with E-state index in [1.54, 1.807) is 19.2 Å². The molecule has 288 valence electrons. The highest BCUT2D eigenvalue weighted by Crippen LogP contribution is 2.57. The third-order valence-corrected chi connectivity index (χ3v) is 13.7. The van der Waals surface area contributed by atoms with E-state index in [0.717, 1.165) is 43.5 Å².